The number of hydrogen-bond acceptors (Lipinski definition) is 3. The van der Waals surface area contributed by atoms with Crippen LogP contribution in [0.1, 0.15) is 20.8 Å². The Morgan fingerprint density at radius 1 is 1.47 bits per heavy atom. The first kappa shape index (κ1) is 15.8. The highest BCUT2D eigenvalue weighted by Gasteiger charge is 2.27. The van der Waals surface area contributed by atoms with E-state index in [1.54, 1.807) is 11.8 Å². The first-order valence-electron chi connectivity index (χ1n) is 6.25. The van der Waals surface area contributed by atoms with E-state index in [1.807, 2.05) is 51.1 Å². The number of amides is 1. The van der Waals surface area contributed by atoms with Crippen molar-refractivity contribution in [2.75, 3.05) is 11.1 Å². The Morgan fingerprint density at radius 3 is 2.68 bits per heavy atom. The third kappa shape index (κ3) is 4.73. The second-order valence-electron chi connectivity index (χ2n) is 5.43. The minimum absolute atomic E-state index is 0.154. The van der Waals surface area contributed by atoms with Crippen molar-refractivity contribution in [3.8, 4) is 0 Å². The molecule has 0 saturated heterocycles. The number of para-hydroxylation sites is 1. The van der Waals surface area contributed by atoms with E-state index in [1.165, 1.54) is 0 Å². The number of nitrogens with one attached hydrogen (secondary N) is 1. The largest absolute Gasteiger partial charge is 0.324 e. The van der Waals surface area contributed by atoms with E-state index in [0.717, 1.165) is 16.3 Å². The minimum atomic E-state index is -0.537. The molecule has 3 N–H and O–H groups in total. The van der Waals surface area contributed by atoms with E-state index in [9.17, 15) is 4.79 Å². The Hall–Kier alpha value is -1.26. The standard InChI is InChI=1S/C15H22N2OS/c1-5-10-19-12-9-7-6-8-11(12)17-14(18)13(16)15(2,3)4/h5-9,13H,1,10,16H2,2-4H3,(H,17,18)/t13-/m0/s1. The molecule has 1 aromatic rings. The molecule has 104 valence electrons. The van der Waals surface area contributed by atoms with Crippen LogP contribution in [0.15, 0.2) is 41.8 Å². The maximum absolute atomic E-state index is 12.1. The summed E-state index contributed by atoms with van der Waals surface area (Å²) in [5.41, 5.74) is 6.51. The number of carbonyl (C=O) groups is 1. The van der Waals surface area contributed by atoms with E-state index in [0.29, 0.717) is 0 Å². The Bertz CT molecular complexity index is 452. The van der Waals surface area contributed by atoms with Gasteiger partial charge in [0, 0.05) is 10.6 Å². The molecule has 0 aromatic heterocycles. The molecule has 0 unspecified atom stereocenters. The first-order valence-corrected chi connectivity index (χ1v) is 7.24. The Kier molecular flexibility index (Phi) is 5.63. The summed E-state index contributed by atoms with van der Waals surface area (Å²) in [5.74, 6) is 0.650. The van der Waals surface area contributed by atoms with Crippen LogP contribution in [0.25, 0.3) is 0 Å². The smallest absolute Gasteiger partial charge is 0.241 e. The summed E-state index contributed by atoms with van der Waals surface area (Å²) in [7, 11) is 0. The number of hydrogen-bond donors (Lipinski definition) is 2. The van der Waals surface area contributed by atoms with Gasteiger partial charge in [0.2, 0.25) is 5.91 Å². The van der Waals surface area contributed by atoms with Crippen molar-refractivity contribution >= 4 is 23.4 Å². The van der Waals surface area contributed by atoms with E-state index in [-0.39, 0.29) is 11.3 Å². The Morgan fingerprint density at radius 2 is 2.11 bits per heavy atom. The lowest BCUT2D eigenvalue weighted by Crippen LogP contribution is -2.45. The average molecular weight is 278 g/mol. The second-order valence-corrected chi connectivity index (χ2v) is 6.49. The van der Waals surface area contributed by atoms with E-state index < -0.39 is 6.04 Å². The molecule has 3 nitrogen and oxygen atoms in total. The van der Waals surface area contributed by atoms with Crippen molar-refractivity contribution in [1.82, 2.24) is 0 Å². The normalized spacial score (nSPS) is 12.8. The third-order valence-electron chi connectivity index (χ3n) is 2.72. The van der Waals surface area contributed by atoms with Crippen LogP contribution >= 0.6 is 11.8 Å². The van der Waals surface area contributed by atoms with E-state index in [2.05, 4.69) is 11.9 Å². The van der Waals surface area contributed by atoms with Crippen LogP contribution < -0.4 is 11.1 Å². The van der Waals surface area contributed by atoms with Gasteiger partial charge in [-0.3, -0.25) is 4.79 Å². The number of thioether (sulfide) groups is 1. The summed E-state index contributed by atoms with van der Waals surface area (Å²) >= 11 is 1.63. The van der Waals surface area contributed by atoms with Crippen molar-refractivity contribution in [1.29, 1.82) is 0 Å². The molecule has 0 aliphatic carbocycles. The van der Waals surface area contributed by atoms with Crippen molar-refractivity contribution in [2.45, 2.75) is 31.7 Å². The summed E-state index contributed by atoms with van der Waals surface area (Å²) in [6.45, 7) is 9.56. The van der Waals surface area contributed by atoms with Gasteiger partial charge in [0.25, 0.3) is 0 Å². The lowest BCUT2D eigenvalue weighted by molar-refractivity contribution is -0.119. The Labute approximate surface area is 119 Å². The fourth-order valence-corrected chi connectivity index (χ4v) is 2.20. The van der Waals surface area contributed by atoms with Crippen molar-refractivity contribution in [3.05, 3.63) is 36.9 Å². The molecule has 0 radical (unpaired) electrons. The van der Waals surface area contributed by atoms with Gasteiger partial charge in [-0.15, -0.1) is 18.3 Å². The van der Waals surface area contributed by atoms with Crippen LogP contribution in [-0.4, -0.2) is 17.7 Å². The van der Waals surface area contributed by atoms with Crippen molar-refractivity contribution in [2.24, 2.45) is 11.1 Å². The van der Waals surface area contributed by atoms with Gasteiger partial charge >= 0.3 is 0 Å². The zero-order valence-corrected chi connectivity index (χ0v) is 12.6. The van der Waals surface area contributed by atoms with Gasteiger partial charge in [0.05, 0.1) is 11.7 Å². The fraction of sp³-hybridized carbons (Fsp3) is 0.400. The third-order valence-corrected chi connectivity index (χ3v) is 3.79. The highest BCUT2D eigenvalue weighted by atomic mass is 32.2. The van der Waals surface area contributed by atoms with Crippen LogP contribution in [0.3, 0.4) is 0 Å². The molecular formula is C15H22N2OS. The summed E-state index contributed by atoms with van der Waals surface area (Å²) < 4.78 is 0. The van der Waals surface area contributed by atoms with Crippen LogP contribution in [-0.2, 0) is 4.79 Å². The molecule has 0 aliphatic heterocycles. The topological polar surface area (TPSA) is 55.1 Å². The van der Waals surface area contributed by atoms with Gasteiger partial charge in [0.15, 0.2) is 0 Å². The molecule has 19 heavy (non-hydrogen) atoms. The lowest BCUT2D eigenvalue weighted by Gasteiger charge is -2.26. The van der Waals surface area contributed by atoms with Gasteiger partial charge < -0.3 is 11.1 Å². The van der Waals surface area contributed by atoms with Gasteiger partial charge in [-0.2, -0.15) is 0 Å². The van der Waals surface area contributed by atoms with Gasteiger partial charge in [-0.1, -0.05) is 39.0 Å². The van der Waals surface area contributed by atoms with E-state index in [4.69, 9.17) is 5.73 Å². The van der Waals surface area contributed by atoms with Crippen molar-refractivity contribution in [3.63, 3.8) is 0 Å². The van der Waals surface area contributed by atoms with Gasteiger partial charge in [0.1, 0.15) is 0 Å². The molecule has 1 aromatic carbocycles. The van der Waals surface area contributed by atoms with Crippen molar-refractivity contribution < 1.29 is 4.79 Å². The SMILES string of the molecule is C=CCSc1ccccc1NC(=O)[C@H](N)C(C)(C)C. The molecule has 1 atom stereocenters. The molecule has 0 heterocycles. The number of benzene rings is 1. The summed E-state index contributed by atoms with van der Waals surface area (Å²) in [4.78, 5) is 13.1. The predicted molar refractivity (Wildman–Crippen MR) is 83.4 cm³/mol. The number of rotatable bonds is 5. The number of anilines is 1. The van der Waals surface area contributed by atoms with E-state index >= 15 is 0 Å². The minimum Gasteiger partial charge on any atom is -0.324 e. The summed E-state index contributed by atoms with van der Waals surface area (Å²) in [6, 6.07) is 7.18. The zero-order valence-electron chi connectivity index (χ0n) is 11.8. The molecule has 0 aliphatic rings. The maximum Gasteiger partial charge on any atom is 0.241 e. The second kappa shape index (κ2) is 6.78. The number of carbonyl (C=O) groups excluding carboxylic acids is 1. The molecule has 0 spiro atoms. The highest BCUT2D eigenvalue weighted by molar-refractivity contribution is 7.99. The summed E-state index contributed by atoms with van der Waals surface area (Å²) in [5, 5.41) is 2.91. The van der Waals surface area contributed by atoms with Crippen LogP contribution in [0.2, 0.25) is 0 Å². The molecule has 4 heteroatoms. The monoisotopic (exact) mass is 278 g/mol. The number of nitrogens with two attached hydrogens (primary N) is 1. The Balaban J connectivity index is 2.82. The maximum atomic E-state index is 12.1. The molecule has 1 rings (SSSR count). The molecule has 0 bridgehead atoms. The fourth-order valence-electron chi connectivity index (χ4n) is 1.45. The molecular weight excluding hydrogens is 256 g/mol. The summed E-state index contributed by atoms with van der Waals surface area (Å²) in [6.07, 6.45) is 1.84. The molecule has 0 fully saturated rings. The van der Waals surface area contributed by atoms with Crippen LogP contribution in [0.5, 0.6) is 0 Å². The highest BCUT2D eigenvalue weighted by Crippen LogP contribution is 2.28. The molecule has 1 amide bonds. The van der Waals surface area contributed by atoms with Crippen LogP contribution in [0.4, 0.5) is 5.69 Å². The van der Waals surface area contributed by atoms with Gasteiger partial charge in [-0.05, 0) is 17.5 Å². The lowest BCUT2D eigenvalue weighted by atomic mass is 9.87. The quantitative estimate of drug-likeness (QED) is 0.642. The van der Waals surface area contributed by atoms with Gasteiger partial charge in [-0.25, -0.2) is 0 Å². The first-order chi connectivity index (χ1) is 8.86. The predicted octanol–water partition coefficient (Wildman–Crippen LogP) is 3.28. The average Bonchev–Trinajstić information content (AvgIpc) is 2.35. The molecule has 0 saturated carbocycles. The zero-order chi connectivity index (χ0) is 14.5. The van der Waals surface area contributed by atoms with Crippen LogP contribution in [0, 0.1) is 5.41 Å².